The smallest absolute Gasteiger partial charge is 0.119 e. The number of rotatable bonds is 5. The van der Waals surface area contributed by atoms with Gasteiger partial charge in [0.05, 0.1) is 0 Å². The van der Waals surface area contributed by atoms with Crippen LogP contribution in [0.5, 0.6) is 5.75 Å². The average molecular weight is 308 g/mol. The van der Waals surface area contributed by atoms with Crippen molar-refractivity contribution in [2.24, 2.45) is 5.41 Å². The first kappa shape index (κ1) is 17.3. The first-order valence-electron chi connectivity index (χ1n) is 8.28. The van der Waals surface area contributed by atoms with E-state index in [0.29, 0.717) is 12.5 Å². The van der Waals surface area contributed by atoms with Crippen LogP contribution >= 0.6 is 0 Å². The summed E-state index contributed by atoms with van der Waals surface area (Å²) in [4.78, 5) is 0. The maximum Gasteiger partial charge on any atom is 0.119 e. The lowest BCUT2D eigenvalue weighted by Crippen LogP contribution is -2.16. The van der Waals surface area contributed by atoms with Gasteiger partial charge in [-0.2, -0.15) is 0 Å². The molecule has 0 aliphatic heterocycles. The summed E-state index contributed by atoms with van der Waals surface area (Å²) < 4.78 is 5.88. The van der Waals surface area contributed by atoms with E-state index in [1.807, 2.05) is 18.2 Å². The molecule has 0 N–H and O–H groups in total. The van der Waals surface area contributed by atoms with Crippen LogP contribution in [-0.2, 0) is 6.61 Å². The highest BCUT2D eigenvalue weighted by Crippen LogP contribution is 2.37. The fourth-order valence-corrected chi connectivity index (χ4v) is 2.69. The molecule has 0 fully saturated rings. The van der Waals surface area contributed by atoms with E-state index < -0.39 is 0 Å². The minimum Gasteiger partial charge on any atom is -0.489 e. The molecule has 23 heavy (non-hydrogen) atoms. The van der Waals surface area contributed by atoms with Crippen molar-refractivity contribution in [3.63, 3.8) is 0 Å². The van der Waals surface area contributed by atoms with Crippen molar-refractivity contribution in [2.75, 3.05) is 0 Å². The van der Waals surface area contributed by atoms with Crippen LogP contribution in [-0.4, -0.2) is 0 Å². The summed E-state index contributed by atoms with van der Waals surface area (Å²) in [5.41, 5.74) is 4.08. The molecular weight excluding hydrogens is 280 g/mol. The third-order valence-electron chi connectivity index (χ3n) is 3.92. The van der Waals surface area contributed by atoms with Gasteiger partial charge in [0.15, 0.2) is 0 Å². The number of hydrogen-bond acceptors (Lipinski definition) is 1. The lowest BCUT2D eigenvalue weighted by Gasteiger charge is -2.29. The first-order chi connectivity index (χ1) is 10.9. The molecule has 2 aromatic carbocycles. The standard InChI is InChI=1S/C22H28O/c1-17(2)15-21(22(3,4)5)19-11-13-20(14-12-19)23-16-18-9-7-6-8-10-18/h6-15,21H,16H2,1-5H3. The van der Waals surface area contributed by atoms with Gasteiger partial charge in [-0.3, -0.25) is 0 Å². The Labute approximate surface area is 141 Å². The molecule has 1 atom stereocenters. The van der Waals surface area contributed by atoms with Crippen LogP contribution in [0.1, 0.15) is 51.7 Å². The first-order valence-corrected chi connectivity index (χ1v) is 8.28. The molecule has 1 unspecified atom stereocenters. The zero-order valence-electron chi connectivity index (χ0n) is 15.0. The van der Waals surface area contributed by atoms with Crippen LogP contribution < -0.4 is 4.74 Å². The number of ether oxygens (including phenoxy) is 1. The van der Waals surface area contributed by atoms with Crippen LogP contribution in [0.2, 0.25) is 0 Å². The maximum absolute atomic E-state index is 5.88. The molecule has 0 saturated heterocycles. The predicted octanol–water partition coefficient (Wildman–Crippen LogP) is 6.36. The third-order valence-corrected chi connectivity index (χ3v) is 3.92. The van der Waals surface area contributed by atoms with Crippen molar-refractivity contribution < 1.29 is 4.74 Å². The van der Waals surface area contributed by atoms with Gasteiger partial charge in [0.1, 0.15) is 12.4 Å². The van der Waals surface area contributed by atoms with Gasteiger partial charge >= 0.3 is 0 Å². The van der Waals surface area contributed by atoms with Crippen LogP contribution in [0, 0.1) is 5.41 Å². The zero-order chi connectivity index (χ0) is 16.9. The predicted molar refractivity (Wildman–Crippen MR) is 98.8 cm³/mol. The Bertz CT molecular complexity index is 626. The molecule has 1 nitrogen and oxygen atoms in total. The molecule has 0 aliphatic carbocycles. The summed E-state index contributed by atoms with van der Waals surface area (Å²) in [5, 5.41) is 0. The Morgan fingerprint density at radius 2 is 1.57 bits per heavy atom. The molecule has 122 valence electrons. The zero-order valence-corrected chi connectivity index (χ0v) is 15.0. The van der Waals surface area contributed by atoms with Crippen molar-refractivity contribution >= 4 is 0 Å². The summed E-state index contributed by atoms with van der Waals surface area (Å²) in [5.74, 6) is 1.33. The van der Waals surface area contributed by atoms with Crippen molar-refractivity contribution in [1.29, 1.82) is 0 Å². The molecule has 0 aliphatic rings. The minimum atomic E-state index is 0.198. The van der Waals surface area contributed by atoms with Gasteiger partial charge in [-0.1, -0.05) is 74.9 Å². The fourth-order valence-electron chi connectivity index (χ4n) is 2.69. The second-order valence-corrected chi connectivity index (χ2v) is 7.43. The van der Waals surface area contributed by atoms with E-state index in [9.17, 15) is 0 Å². The van der Waals surface area contributed by atoms with E-state index in [0.717, 1.165) is 5.75 Å². The minimum absolute atomic E-state index is 0.198. The number of hydrogen-bond donors (Lipinski definition) is 0. The van der Waals surface area contributed by atoms with E-state index in [-0.39, 0.29) is 5.41 Å². The lowest BCUT2D eigenvalue weighted by atomic mass is 9.76. The summed E-state index contributed by atoms with van der Waals surface area (Å²) in [6.45, 7) is 11.8. The summed E-state index contributed by atoms with van der Waals surface area (Å²) in [6, 6.07) is 18.8. The van der Waals surface area contributed by atoms with E-state index >= 15 is 0 Å². The fraction of sp³-hybridized carbons (Fsp3) is 0.364. The Balaban J connectivity index is 2.10. The molecule has 1 heteroatoms. The highest BCUT2D eigenvalue weighted by Gasteiger charge is 2.24. The van der Waals surface area contributed by atoms with E-state index in [2.05, 4.69) is 77.1 Å². The third kappa shape index (κ3) is 5.28. The van der Waals surface area contributed by atoms with Crippen molar-refractivity contribution in [2.45, 2.75) is 47.1 Å². The monoisotopic (exact) mass is 308 g/mol. The highest BCUT2D eigenvalue weighted by atomic mass is 16.5. The van der Waals surface area contributed by atoms with E-state index in [4.69, 9.17) is 4.74 Å². The molecule has 0 bridgehead atoms. The summed E-state index contributed by atoms with van der Waals surface area (Å²) in [7, 11) is 0. The van der Waals surface area contributed by atoms with Crippen LogP contribution in [0.3, 0.4) is 0 Å². The normalized spacial score (nSPS) is 12.6. The van der Waals surface area contributed by atoms with E-state index in [1.165, 1.54) is 16.7 Å². The SMILES string of the molecule is CC(C)=CC(c1ccc(OCc2ccccc2)cc1)C(C)(C)C. The Morgan fingerprint density at radius 1 is 0.957 bits per heavy atom. The van der Waals surface area contributed by atoms with Gasteiger partial charge in [0.25, 0.3) is 0 Å². The van der Waals surface area contributed by atoms with Crippen molar-refractivity contribution in [3.05, 3.63) is 77.4 Å². The highest BCUT2D eigenvalue weighted by molar-refractivity contribution is 5.33. The molecule has 0 aromatic heterocycles. The molecule has 2 aromatic rings. The lowest BCUT2D eigenvalue weighted by molar-refractivity contribution is 0.305. The summed E-state index contributed by atoms with van der Waals surface area (Å²) >= 11 is 0. The van der Waals surface area contributed by atoms with Crippen LogP contribution in [0.4, 0.5) is 0 Å². The van der Waals surface area contributed by atoms with Gasteiger partial charge in [-0.05, 0) is 42.5 Å². The molecular formula is C22H28O. The van der Waals surface area contributed by atoms with Gasteiger partial charge in [0, 0.05) is 5.92 Å². The van der Waals surface area contributed by atoms with Gasteiger partial charge in [0.2, 0.25) is 0 Å². The van der Waals surface area contributed by atoms with Gasteiger partial charge in [-0.15, -0.1) is 0 Å². The van der Waals surface area contributed by atoms with Crippen molar-refractivity contribution in [1.82, 2.24) is 0 Å². The largest absolute Gasteiger partial charge is 0.489 e. The van der Waals surface area contributed by atoms with Crippen molar-refractivity contribution in [3.8, 4) is 5.75 Å². The van der Waals surface area contributed by atoms with E-state index in [1.54, 1.807) is 0 Å². The topological polar surface area (TPSA) is 9.23 Å². The Hall–Kier alpha value is -2.02. The molecule has 0 radical (unpaired) electrons. The molecule has 0 saturated carbocycles. The number of allylic oxidation sites excluding steroid dienone is 2. The van der Waals surface area contributed by atoms with Gasteiger partial charge < -0.3 is 4.74 Å². The molecule has 0 heterocycles. The second-order valence-electron chi connectivity index (χ2n) is 7.43. The molecule has 0 amide bonds. The Morgan fingerprint density at radius 3 is 2.09 bits per heavy atom. The maximum atomic E-state index is 5.88. The number of benzene rings is 2. The molecule has 2 rings (SSSR count). The average Bonchev–Trinajstić information content (AvgIpc) is 2.51. The Kier molecular flexibility index (Phi) is 5.65. The van der Waals surface area contributed by atoms with Crippen LogP contribution in [0.15, 0.2) is 66.2 Å². The quantitative estimate of drug-likeness (QED) is 0.584. The van der Waals surface area contributed by atoms with Gasteiger partial charge in [-0.25, -0.2) is 0 Å². The van der Waals surface area contributed by atoms with Crippen LogP contribution in [0.25, 0.3) is 0 Å². The second kappa shape index (κ2) is 7.50. The summed E-state index contributed by atoms with van der Waals surface area (Å²) in [6.07, 6.45) is 2.36. The molecule has 0 spiro atoms.